The molecule has 106 valence electrons. The van der Waals surface area contributed by atoms with Gasteiger partial charge in [0, 0.05) is 24.4 Å². The highest BCUT2D eigenvalue weighted by atomic mass is 32.2. The van der Waals surface area contributed by atoms with Gasteiger partial charge in [0.25, 0.3) is 0 Å². The molecule has 1 rings (SSSR count). The van der Waals surface area contributed by atoms with Crippen molar-refractivity contribution >= 4 is 17.7 Å². The number of hydrogen-bond donors (Lipinski definition) is 1. The number of carbonyl (C=O) groups is 1. The van der Waals surface area contributed by atoms with Crippen LogP contribution in [0.5, 0.6) is 0 Å². The highest BCUT2D eigenvalue weighted by Crippen LogP contribution is 2.23. The maximum Gasteiger partial charge on any atom is 0.232 e. The molecule has 0 aliphatic rings. The number of amides is 1. The SMILES string of the molecule is CC(C)(C)SCC(=O)N(CCN)Cc1ccccc1. The van der Waals surface area contributed by atoms with Crippen molar-refractivity contribution in [2.75, 3.05) is 18.8 Å². The molecule has 0 radical (unpaired) electrons. The van der Waals surface area contributed by atoms with Crippen LogP contribution in [0.2, 0.25) is 0 Å². The van der Waals surface area contributed by atoms with Gasteiger partial charge in [-0.3, -0.25) is 4.79 Å². The number of carbonyl (C=O) groups excluding carboxylic acids is 1. The summed E-state index contributed by atoms with van der Waals surface area (Å²) in [5, 5.41) is 0. The quantitative estimate of drug-likeness (QED) is 0.871. The monoisotopic (exact) mass is 280 g/mol. The predicted octanol–water partition coefficient (Wildman–Crippen LogP) is 2.51. The molecule has 4 heteroatoms. The molecule has 0 saturated heterocycles. The summed E-state index contributed by atoms with van der Waals surface area (Å²) in [7, 11) is 0. The molecule has 1 aromatic carbocycles. The van der Waals surface area contributed by atoms with E-state index in [-0.39, 0.29) is 10.7 Å². The Hall–Kier alpha value is -1.00. The Kier molecular flexibility index (Phi) is 6.38. The first-order chi connectivity index (χ1) is 8.92. The van der Waals surface area contributed by atoms with Gasteiger partial charge in [0.2, 0.25) is 5.91 Å². The zero-order chi connectivity index (χ0) is 14.3. The van der Waals surface area contributed by atoms with Gasteiger partial charge >= 0.3 is 0 Å². The van der Waals surface area contributed by atoms with Crippen molar-refractivity contribution in [1.82, 2.24) is 4.90 Å². The first-order valence-electron chi connectivity index (χ1n) is 6.58. The summed E-state index contributed by atoms with van der Waals surface area (Å²) >= 11 is 1.67. The number of nitrogens with two attached hydrogens (primary N) is 1. The van der Waals surface area contributed by atoms with E-state index in [1.807, 2.05) is 35.2 Å². The van der Waals surface area contributed by atoms with Crippen molar-refractivity contribution in [3.05, 3.63) is 35.9 Å². The molecule has 0 bridgehead atoms. The minimum Gasteiger partial charge on any atom is -0.336 e. The highest BCUT2D eigenvalue weighted by molar-refractivity contribution is 8.01. The molecule has 0 aliphatic heterocycles. The molecule has 0 atom stereocenters. The van der Waals surface area contributed by atoms with Crippen molar-refractivity contribution < 1.29 is 4.79 Å². The molecular formula is C15H24N2OS. The second kappa shape index (κ2) is 7.56. The lowest BCUT2D eigenvalue weighted by atomic mass is 10.2. The van der Waals surface area contributed by atoms with Gasteiger partial charge in [0.05, 0.1) is 5.75 Å². The molecule has 1 amide bonds. The molecule has 19 heavy (non-hydrogen) atoms. The van der Waals surface area contributed by atoms with E-state index in [2.05, 4.69) is 20.8 Å². The van der Waals surface area contributed by atoms with Gasteiger partial charge in [-0.05, 0) is 5.56 Å². The summed E-state index contributed by atoms with van der Waals surface area (Å²) < 4.78 is 0.108. The van der Waals surface area contributed by atoms with Gasteiger partial charge in [-0.25, -0.2) is 0 Å². The van der Waals surface area contributed by atoms with Gasteiger partial charge < -0.3 is 10.6 Å². The first kappa shape index (κ1) is 16.1. The minimum atomic E-state index is 0.108. The Morgan fingerprint density at radius 2 is 1.89 bits per heavy atom. The Balaban J connectivity index is 2.59. The lowest BCUT2D eigenvalue weighted by Crippen LogP contribution is -2.36. The van der Waals surface area contributed by atoms with Crippen LogP contribution in [0.1, 0.15) is 26.3 Å². The molecule has 0 aromatic heterocycles. The van der Waals surface area contributed by atoms with Crippen LogP contribution >= 0.6 is 11.8 Å². The van der Waals surface area contributed by atoms with Crippen LogP contribution in [-0.4, -0.2) is 34.4 Å². The largest absolute Gasteiger partial charge is 0.336 e. The summed E-state index contributed by atoms with van der Waals surface area (Å²) in [4.78, 5) is 14.1. The fourth-order valence-electron chi connectivity index (χ4n) is 1.62. The Labute approximate surface area is 120 Å². The van der Waals surface area contributed by atoms with Crippen LogP contribution in [0, 0.1) is 0 Å². The van der Waals surface area contributed by atoms with Crippen LogP contribution in [0.25, 0.3) is 0 Å². The van der Waals surface area contributed by atoms with Gasteiger partial charge in [-0.1, -0.05) is 51.1 Å². The fourth-order valence-corrected chi connectivity index (χ4v) is 2.36. The summed E-state index contributed by atoms with van der Waals surface area (Å²) in [5.74, 6) is 0.672. The molecule has 0 spiro atoms. The average molecular weight is 280 g/mol. The summed E-state index contributed by atoms with van der Waals surface area (Å²) in [6.45, 7) is 8.11. The number of hydrogen-bond acceptors (Lipinski definition) is 3. The Bertz CT molecular complexity index is 387. The number of nitrogens with zero attached hydrogens (tertiary/aromatic N) is 1. The van der Waals surface area contributed by atoms with E-state index in [0.29, 0.717) is 25.4 Å². The van der Waals surface area contributed by atoms with Crippen molar-refractivity contribution in [3.63, 3.8) is 0 Å². The summed E-state index contributed by atoms with van der Waals surface area (Å²) in [6, 6.07) is 10.0. The van der Waals surface area contributed by atoms with Crippen LogP contribution in [0.3, 0.4) is 0 Å². The molecule has 0 aliphatic carbocycles. The molecule has 3 nitrogen and oxygen atoms in total. The second-order valence-electron chi connectivity index (χ2n) is 5.49. The molecule has 2 N–H and O–H groups in total. The Morgan fingerprint density at radius 1 is 1.26 bits per heavy atom. The van der Waals surface area contributed by atoms with E-state index in [1.165, 1.54) is 0 Å². The summed E-state index contributed by atoms with van der Waals surface area (Å²) in [6.07, 6.45) is 0. The highest BCUT2D eigenvalue weighted by Gasteiger charge is 2.17. The number of rotatable bonds is 6. The second-order valence-corrected chi connectivity index (χ2v) is 7.29. The third-order valence-corrected chi connectivity index (χ3v) is 3.85. The van der Waals surface area contributed by atoms with Gasteiger partial charge in [-0.15, -0.1) is 11.8 Å². The topological polar surface area (TPSA) is 46.3 Å². The van der Waals surface area contributed by atoms with Crippen molar-refractivity contribution in [3.8, 4) is 0 Å². The van der Waals surface area contributed by atoms with Gasteiger partial charge in [0.15, 0.2) is 0 Å². The molecule has 1 aromatic rings. The van der Waals surface area contributed by atoms with E-state index in [4.69, 9.17) is 5.73 Å². The fraction of sp³-hybridized carbons (Fsp3) is 0.533. The normalized spacial score (nSPS) is 11.4. The summed E-state index contributed by atoms with van der Waals surface area (Å²) in [5.41, 5.74) is 6.75. The van der Waals surface area contributed by atoms with E-state index < -0.39 is 0 Å². The molecule has 0 fully saturated rings. The van der Waals surface area contributed by atoms with Gasteiger partial charge in [0.1, 0.15) is 0 Å². The molecule has 0 saturated carbocycles. The van der Waals surface area contributed by atoms with E-state index in [9.17, 15) is 4.79 Å². The van der Waals surface area contributed by atoms with Crippen molar-refractivity contribution in [1.29, 1.82) is 0 Å². The van der Waals surface area contributed by atoms with Crippen LogP contribution in [0.15, 0.2) is 30.3 Å². The third kappa shape index (κ3) is 6.64. The number of thioether (sulfide) groups is 1. The third-order valence-electron chi connectivity index (χ3n) is 2.60. The maximum absolute atomic E-state index is 12.2. The van der Waals surface area contributed by atoms with Crippen LogP contribution in [-0.2, 0) is 11.3 Å². The van der Waals surface area contributed by atoms with Crippen LogP contribution < -0.4 is 5.73 Å². The Morgan fingerprint density at radius 3 is 2.42 bits per heavy atom. The van der Waals surface area contributed by atoms with Crippen LogP contribution in [0.4, 0.5) is 0 Å². The van der Waals surface area contributed by atoms with Crippen molar-refractivity contribution in [2.24, 2.45) is 5.73 Å². The average Bonchev–Trinajstić information content (AvgIpc) is 2.36. The van der Waals surface area contributed by atoms with Crippen molar-refractivity contribution in [2.45, 2.75) is 32.1 Å². The predicted molar refractivity (Wildman–Crippen MR) is 83.1 cm³/mol. The van der Waals surface area contributed by atoms with E-state index >= 15 is 0 Å². The van der Waals surface area contributed by atoms with E-state index in [1.54, 1.807) is 11.8 Å². The zero-order valence-corrected chi connectivity index (χ0v) is 12.9. The smallest absolute Gasteiger partial charge is 0.232 e. The minimum absolute atomic E-state index is 0.108. The number of benzene rings is 1. The van der Waals surface area contributed by atoms with E-state index in [0.717, 1.165) is 5.56 Å². The standard InChI is InChI=1S/C15H24N2OS/c1-15(2,3)19-12-14(18)17(10-9-16)11-13-7-5-4-6-8-13/h4-8H,9-12,16H2,1-3H3. The lowest BCUT2D eigenvalue weighted by molar-refractivity contribution is -0.128. The first-order valence-corrected chi connectivity index (χ1v) is 7.56. The van der Waals surface area contributed by atoms with Gasteiger partial charge in [-0.2, -0.15) is 0 Å². The molecular weight excluding hydrogens is 256 g/mol. The molecule has 0 unspecified atom stereocenters. The molecule has 0 heterocycles. The zero-order valence-electron chi connectivity index (χ0n) is 12.1. The lowest BCUT2D eigenvalue weighted by Gasteiger charge is -2.24. The maximum atomic E-state index is 12.2.